The van der Waals surface area contributed by atoms with Gasteiger partial charge in [0.25, 0.3) is 0 Å². The average Bonchev–Trinajstić information content (AvgIpc) is 2.94. The Morgan fingerprint density at radius 2 is 1.95 bits per heavy atom. The molecule has 1 unspecified atom stereocenters. The monoisotopic (exact) mass is 280 g/mol. The van der Waals surface area contributed by atoms with Gasteiger partial charge in [0.05, 0.1) is 6.04 Å². The second-order valence-corrected chi connectivity index (χ2v) is 5.61. The van der Waals surface area contributed by atoms with E-state index >= 15 is 0 Å². The van der Waals surface area contributed by atoms with Crippen LogP contribution in [0.15, 0.2) is 12.7 Å². The van der Waals surface area contributed by atoms with Crippen molar-refractivity contribution >= 4 is 12.0 Å². The van der Waals surface area contributed by atoms with E-state index in [-0.39, 0.29) is 30.7 Å². The van der Waals surface area contributed by atoms with E-state index in [4.69, 9.17) is 4.74 Å². The van der Waals surface area contributed by atoms with Gasteiger partial charge in [-0.05, 0) is 31.8 Å². The summed E-state index contributed by atoms with van der Waals surface area (Å²) < 4.78 is 5.28. The summed E-state index contributed by atoms with van der Waals surface area (Å²) in [5.74, 6) is -0.0798. The number of nitrogens with zero attached hydrogens (tertiary/aromatic N) is 1. The second kappa shape index (κ2) is 7.31. The zero-order chi connectivity index (χ0) is 14.4. The lowest BCUT2D eigenvalue weighted by atomic mass is 9.96. The minimum absolute atomic E-state index is 0.00222. The van der Waals surface area contributed by atoms with Crippen molar-refractivity contribution in [3.63, 3.8) is 0 Å². The normalized spacial score (nSPS) is 23.4. The van der Waals surface area contributed by atoms with Crippen LogP contribution in [0.2, 0.25) is 0 Å². The van der Waals surface area contributed by atoms with Crippen LogP contribution in [0.4, 0.5) is 4.79 Å². The molecular weight excluding hydrogens is 256 g/mol. The maximum atomic E-state index is 11.8. The van der Waals surface area contributed by atoms with E-state index in [1.54, 1.807) is 4.90 Å². The van der Waals surface area contributed by atoms with Crippen molar-refractivity contribution in [2.75, 3.05) is 13.2 Å². The van der Waals surface area contributed by atoms with Crippen molar-refractivity contribution in [2.45, 2.75) is 57.0 Å². The number of amides is 2. The van der Waals surface area contributed by atoms with Crippen molar-refractivity contribution in [3.8, 4) is 0 Å². The molecule has 0 radical (unpaired) electrons. The van der Waals surface area contributed by atoms with Gasteiger partial charge in [-0.25, -0.2) is 4.79 Å². The summed E-state index contributed by atoms with van der Waals surface area (Å²) in [6, 6.07) is 0.253. The Bertz CT molecular complexity index is 364. The number of nitrogens with one attached hydrogen (secondary N) is 1. The molecule has 0 aromatic carbocycles. The molecule has 1 N–H and O–H groups in total. The third kappa shape index (κ3) is 3.99. The molecule has 2 fully saturated rings. The first-order valence-electron chi connectivity index (χ1n) is 7.57. The molecule has 0 aromatic rings. The van der Waals surface area contributed by atoms with Crippen molar-refractivity contribution in [2.24, 2.45) is 0 Å². The average molecular weight is 280 g/mol. The minimum Gasteiger partial charge on any atom is -0.447 e. The van der Waals surface area contributed by atoms with Gasteiger partial charge in [0.1, 0.15) is 6.61 Å². The number of carbonyl (C=O) groups is 2. The Balaban J connectivity index is 1.72. The molecule has 1 aliphatic carbocycles. The predicted molar refractivity (Wildman–Crippen MR) is 76.3 cm³/mol. The molecule has 2 aliphatic rings. The molecule has 5 nitrogen and oxygen atoms in total. The first kappa shape index (κ1) is 14.9. The molecule has 2 amide bonds. The largest absolute Gasteiger partial charge is 0.447 e. The molecule has 1 heterocycles. The lowest BCUT2D eigenvalue weighted by molar-refractivity contribution is -0.127. The molecule has 2 rings (SSSR count). The zero-order valence-electron chi connectivity index (χ0n) is 12.0. The van der Waals surface area contributed by atoms with Crippen LogP contribution in [0.25, 0.3) is 0 Å². The number of hydrogen-bond acceptors (Lipinski definition) is 3. The van der Waals surface area contributed by atoms with Crippen molar-refractivity contribution in [1.82, 2.24) is 10.2 Å². The topological polar surface area (TPSA) is 58.6 Å². The van der Waals surface area contributed by atoms with Crippen LogP contribution in [0.3, 0.4) is 0 Å². The molecule has 0 spiro atoms. The Morgan fingerprint density at radius 1 is 1.20 bits per heavy atom. The van der Waals surface area contributed by atoms with Gasteiger partial charge in [-0.2, -0.15) is 0 Å². The molecule has 1 saturated heterocycles. The summed E-state index contributed by atoms with van der Waals surface area (Å²) in [5, 5.41) is 2.92. The quantitative estimate of drug-likeness (QED) is 0.803. The molecule has 20 heavy (non-hydrogen) atoms. The summed E-state index contributed by atoms with van der Waals surface area (Å²) >= 11 is 0. The van der Waals surface area contributed by atoms with Gasteiger partial charge in [0, 0.05) is 12.6 Å². The Labute approximate surface area is 120 Å². The fraction of sp³-hybridized carbons (Fsp3) is 0.733. The predicted octanol–water partition coefficient (Wildman–Crippen LogP) is 2.22. The van der Waals surface area contributed by atoms with Gasteiger partial charge in [-0.1, -0.05) is 25.8 Å². The summed E-state index contributed by atoms with van der Waals surface area (Å²) in [7, 11) is 0. The number of rotatable bonds is 4. The third-order valence-electron chi connectivity index (χ3n) is 4.17. The van der Waals surface area contributed by atoms with E-state index in [2.05, 4.69) is 11.9 Å². The van der Waals surface area contributed by atoms with Crippen LogP contribution in [0.5, 0.6) is 0 Å². The van der Waals surface area contributed by atoms with Crippen molar-refractivity contribution in [1.29, 1.82) is 0 Å². The van der Waals surface area contributed by atoms with E-state index in [1.807, 2.05) is 0 Å². The van der Waals surface area contributed by atoms with Crippen LogP contribution in [-0.2, 0) is 9.53 Å². The number of ether oxygens (including phenoxy) is 1. The van der Waals surface area contributed by atoms with E-state index < -0.39 is 0 Å². The fourth-order valence-corrected chi connectivity index (χ4v) is 3.04. The molecular formula is C15H24N2O3. The standard InChI is InChI=1S/C15H24N2O3/c1-2-14(18)17-10-6-9-13(17)11-20-15(19)16-12-7-4-3-5-8-12/h2,12-13H,1,3-11H2,(H,16,19). The molecule has 5 heteroatoms. The van der Waals surface area contributed by atoms with Gasteiger partial charge >= 0.3 is 6.09 Å². The van der Waals surface area contributed by atoms with Gasteiger partial charge < -0.3 is 15.0 Å². The summed E-state index contributed by atoms with van der Waals surface area (Å²) in [5.41, 5.74) is 0. The Morgan fingerprint density at radius 3 is 2.65 bits per heavy atom. The van der Waals surface area contributed by atoms with Crippen LogP contribution in [0.1, 0.15) is 44.9 Å². The highest BCUT2D eigenvalue weighted by Gasteiger charge is 2.28. The van der Waals surface area contributed by atoms with Gasteiger partial charge in [0.15, 0.2) is 0 Å². The van der Waals surface area contributed by atoms with Crippen LogP contribution < -0.4 is 5.32 Å². The van der Waals surface area contributed by atoms with Crippen LogP contribution in [0, 0.1) is 0 Å². The summed E-state index contributed by atoms with van der Waals surface area (Å²) in [6.07, 6.45) is 8.50. The maximum absolute atomic E-state index is 11.8. The highest BCUT2D eigenvalue weighted by atomic mass is 16.5. The van der Waals surface area contributed by atoms with E-state index in [0.29, 0.717) is 0 Å². The lowest BCUT2D eigenvalue weighted by Crippen LogP contribution is -2.41. The number of hydrogen-bond donors (Lipinski definition) is 1. The van der Waals surface area contributed by atoms with Crippen molar-refractivity contribution in [3.05, 3.63) is 12.7 Å². The zero-order valence-corrected chi connectivity index (χ0v) is 12.0. The molecule has 0 bridgehead atoms. The van der Waals surface area contributed by atoms with E-state index in [9.17, 15) is 9.59 Å². The maximum Gasteiger partial charge on any atom is 0.407 e. The highest BCUT2D eigenvalue weighted by Crippen LogP contribution is 2.19. The molecule has 1 atom stereocenters. The van der Waals surface area contributed by atoms with Crippen molar-refractivity contribution < 1.29 is 14.3 Å². The third-order valence-corrected chi connectivity index (χ3v) is 4.17. The van der Waals surface area contributed by atoms with Crippen LogP contribution >= 0.6 is 0 Å². The summed E-state index contributed by atoms with van der Waals surface area (Å²) in [4.78, 5) is 25.1. The Kier molecular flexibility index (Phi) is 5.44. The molecule has 1 saturated carbocycles. The van der Waals surface area contributed by atoms with Gasteiger partial charge in [0.2, 0.25) is 5.91 Å². The molecule has 1 aliphatic heterocycles. The second-order valence-electron chi connectivity index (χ2n) is 5.61. The summed E-state index contributed by atoms with van der Waals surface area (Å²) in [6.45, 7) is 4.50. The minimum atomic E-state index is -0.352. The SMILES string of the molecule is C=CC(=O)N1CCCC1COC(=O)NC1CCCCC1. The lowest BCUT2D eigenvalue weighted by Gasteiger charge is -2.25. The molecule has 112 valence electrons. The van der Waals surface area contributed by atoms with E-state index in [1.165, 1.54) is 25.3 Å². The fourth-order valence-electron chi connectivity index (χ4n) is 3.04. The first-order chi connectivity index (χ1) is 9.70. The molecule has 0 aromatic heterocycles. The number of likely N-dealkylation sites (tertiary alicyclic amines) is 1. The highest BCUT2D eigenvalue weighted by molar-refractivity contribution is 5.87. The van der Waals surface area contributed by atoms with Crippen LogP contribution in [-0.4, -0.2) is 42.1 Å². The smallest absolute Gasteiger partial charge is 0.407 e. The van der Waals surface area contributed by atoms with Gasteiger partial charge in [-0.15, -0.1) is 0 Å². The van der Waals surface area contributed by atoms with E-state index in [0.717, 1.165) is 32.2 Å². The first-order valence-corrected chi connectivity index (χ1v) is 7.57. The number of carbonyl (C=O) groups excluding carboxylic acids is 2. The van der Waals surface area contributed by atoms with Gasteiger partial charge in [-0.3, -0.25) is 4.79 Å². The Hall–Kier alpha value is -1.52. The number of alkyl carbamates (subject to hydrolysis) is 1.